The third-order valence-electron chi connectivity index (χ3n) is 3.24. The highest BCUT2D eigenvalue weighted by molar-refractivity contribution is 5.53. The molecule has 0 amide bonds. The summed E-state index contributed by atoms with van der Waals surface area (Å²) >= 11 is 0. The van der Waals surface area contributed by atoms with Gasteiger partial charge in [-0.3, -0.25) is 0 Å². The Balaban J connectivity index is 2.44. The Kier molecular flexibility index (Phi) is 3.52. The van der Waals surface area contributed by atoms with Gasteiger partial charge in [-0.05, 0) is 30.6 Å². The lowest BCUT2D eigenvalue weighted by Crippen LogP contribution is -2.17. The van der Waals surface area contributed by atoms with E-state index in [0.717, 1.165) is 18.6 Å². The van der Waals surface area contributed by atoms with Gasteiger partial charge in [0.2, 0.25) is 0 Å². The van der Waals surface area contributed by atoms with Crippen LogP contribution in [-0.4, -0.2) is 6.29 Å². The smallest absolute Gasteiger partial charge is 0.123 e. The second-order valence-corrected chi connectivity index (χ2v) is 5.68. The van der Waals surface area contributed by atoms with E-state index in [0.29, 0.717) is 5.41 Å². The van der Waals surface area contributed by atoms with Gasteiger partial charge in [-0.1, -0.05) is 39.3 Å². The summed E-state index contributed by atoms with van der Waals surface area (Å²) in [6.45, 7) is 8.91. The molecule has 0 aromatic carbocycles. The molecule has 1 aliphatic carbocycles. The van der Waals surface area contributed by atoms with E-state index in [-0.39, 0.29) is 5.92 Å². The Morgan fingerprint density at radius 2 is 2.21 bits per heavy atom. The van der Waals surface area contributed by atoms with Gasteiger partial charge < -0.3 is 4.79 Å². The molecule has 1 nitrogen and oxygen atoms in total. The highest BCUT2D eigenvalue weighted by Crippen LogP contribution is 2.40. The zero-order valence-corrected chi connectivity index (χ0v) is 9.84. The first-order chi connectivity index (χ1) is 6.43. The van der Waals surface area contributed by atoms with Crippen molar-refractivity contribution in [1.82, 2.24) is 0 Å². The van der Waals surface area contributed by atoms with Crippen LogP contribution >= 0.6 is 0 Å². The number of rotatable bonds is 3. The van der Waals surface area contributed by atoms with Gasteiger partial charge in [-0.2, -0.15) is 0 Å². The van der Waals surface area contributed by atoms with Crippen molar-refractivity contribution in [3.63, 3.8) is 0 Å². The molecule has 2 atom stereocenters. The minimum atomic E-state index is 0.194. The van der Waals surface area contributed by atoms with Crippen molar-refractivity contribution < 1.29 is 4.79 Å². The SMILES string of the molecule is CC(C=O)CC1=CCC(C(C)(C)C)C1. The van der Waals surface area contributed by atoms with Crippen LogP contribution in [0.3, 0.4) is 0 Å². The maximum Gasteiger partial charge on any atom is 0.123 e. The van der Waals surface area contributed by atoms with Crippen LogP contribution in [0.1, 0.15) is 47.0 Å². The first kappa shape index (κ1) is 11.5. The summed E-state index contributed by atoms with van der Waals surface area (Å²) in [5.74, 6) is 0.969. The Morgan fingerprint density at radius 3 is 2.64 bits per heavy atom. The molecule has 0 saturated heterocycles. The average molecular weight is 194 g/mol. The number of allylic oxidation sites excluding steroid dienone is 2. The van der Waals surface area contributed by atoms with Crippen molar-refractivity contribution >= 4 is 6.29 Å². The summed E-state index contributed by atoms with van der Waals surface area (Å²) in [6.07, 6.45) is 6.77. The summed E-state index contributed by atoms with van der Waals surface area (Å²) in [7, 11) is 0. The quantitative estimate of drug-likeness (QED) is 0.495. The minimum Gasteiger partial charge on any atom is -0.303 e. The number of hydrogen-bond acceptors (Lipinski definition) is 1. The molecule has 0 N–H and O–H groups in total. The van der Waals surface area contributed by atoms with Crippen LogP contribution < -0.4 is 0 Å². The van der Waals surface area contributed by atoms with Gasteiger partial charge in [0.15, 0.2) is 0 Å². The highest BCUT2D eigenvalue weighted by atomic mass is 16.1. The van der Waals surface area contributed by atoms with Crippen molar-refractivity contribution in [2.45, 2.75) is 47.0 Å². The van der Waals surface area contributed by atoms with Gasteiger partial charge in [-0.15, -0.1) is 0 Å². The summed E-state index contributed by atoms with van der Waals surface area (Å²) in [5, 5.41) is 0. The Bertz CT molecular complexity index is 232. The second-order valence-electron chi connectivity index (χ2n) is 5.68. The number of hydrogen-bond donors (Lipinski definition) is 0. The Morgan fingerprint density at radius 1 is 1.57 bits per heavy atom. The molecule has 2 unspecified atom stereocenters. The Hall–Kier alpha value is -0.590. The highest BCUT2D eigenvalue weighted by Gasteiger charge is 2.28. The van der Waals surface area contributed by atoms with E-state index in [1.807, 2.05) is 6.92 Å². The molecule has 1 heteroatoms. The van der Waals surface area contributed by atoms with Gasteiger partial charge >= 0.3 is 0 Å². The summed E-state index contributed by atoms with van der Waals surface area (Å²) < 4.78 is 0. The first-order valence-corrected chi connectivity index (χ1v) is 5.56. The van der Waals surface area contributed by atoms with E-state index in [4.69, 9.17) is 0 Å². The zero-order valence-electron chi connectivity index (χ0n) is 9.84. The summed E-state index contributed by atoms with van der Waals surface area (Å²) in [4.78, 5) is 10.5. The molecule has 0 aromatic rings. The molecule has 1 rings (SSSR count). The van der Waals surface area contributed by atoms with Gasteiger partial charge in [-0.25, -0.2) is 0 Å². The van der Waals surface area contributed by atoms with E-state index < -0.39 is 0 Å². The van der Waals surface area contributed by atoms with Gasteiger partial charge in [0.05, 0.1) is 0 Å². The average Bonchev–Trinajstić information content (AvgIpc) is 2.51. The van der Waals surface area contributed by atoms with Crippen LogP contribution in [0.15, 0.2) is 11.6 Å². The van der Waals surface area contributed by atoms with Gasteiger partial charge in [0.25, 0.3) is 0 Å². The van der Waals surface area contributed by atoms with Crippen LogP contribution in [0.2, 0.25) is 0 Å². The molecule has 0 spiro atoms. The Labute approximate surface area is 87.6 Å². The van der Waals surface area contributed by atoms with Crippen molar-refractivity contribution in [3.05, 3.63) is 11.6 Å². The fourth-order valence-electron chi connectivity index (χ4n) is 2.08. The lowest BCUT2D eigenvalue weighted by Gasteiger charge is -2.27. The van der Waals surface area contributed by atoms with E-state index in [2.05, 4.69) is 26.8 Å². The van der Waals surface area contributed by atoms with Crippen LogP contribution in [0.4, 0.5) is 0 Å². The predicted octanol–water partition coefficient (Wildman–Crippen LogP) is 3.59. The second kappa shape index (κ2) is 4.29. The molecule has 0 bridgehead atoms. The molecular formula is C13H22O. The predicted molar refractivity (Wildman–Crippen MR) is 60.1 cm³/mol. The fraction of sp³-hybridized carbons (Fsp3) is 0.769. The molecular weight excluding hydrogens is 172 g/mol. The molecule has 0 heterocycles. The molecule has 0 fully saturated rings. The molecule has 80 valence electrons. The third kappa shape index (κ3) is 2.97. The maximum absolute atomic E-state index is 10.5. The van der Waals surface area contributed by atoms with Crippen molar-refractivity contribution in [1.29, 1.82) is 0 Å². The lowest BCUT2D eigenvalue weighted by molar-refractivity contribution is -0.110. The maximum atomic E-state index is 10.5. The van der Waals surface area contributed by atoms with Gasteiger partial charge in [0.1, 0.15) is 6.29 Å². The lowest BCUT2D eigenvalue weighted by atomic mass is 9.78. The largest absolute Gasteiger partial charge is 0.303 e. The van der Waals surface area contributed by atoms with Gasteiger partial charge in [0, 0.05) is 5.92 Å². The standard InChI is InChI=1S/C13H22O/c1-10(9-14)7-11-5-6-12(8-11)13(2,3)4/h5,9-10,12H,6-8H2,1-4H3. The number of carbonyl (C=O) groups is 1. The summed E-state index contributed by atoms with van der Waals surface area (Å²) in [5.41, 5.74) is 1.90. The number of aldehydes is 1. The van der Waals surface area contributed by atoms with Crippen molar-refractivity contribution in [2.75, 3.05) is 0 Å². The molecule has 0 radical (unpaired) electrons. The molecule has 0 saturated carbocycles. The minimum absolute atomic E-state index is 0.194. The van der Waals surface area contributed by atoms with Crippen molar-refractivity contribution in [3.8, 4) is 0 Å². The molecule has 14 heavy (non-hydrogen) atoms. The van der Waals surface area contributed by atoms with Crippen LogP contribution in [0.25, 0.3) is 0 Å². The normalized spacial score (nSPS) is 24.6. The zero-order chi connectivity index (χ0) is 10.8. The monoisotopic (exact) mass is 194 g/mol. The summed E-state index contributed by atoms with van der Waals surface area (Å²) in [6, 6.07) is 0. The van der Waals surface area contributed by atoms with E-state index in [1.54, 1.807) is 0 Å². The number of carbonyl (C=O) groups excluding carboxylic acids is 1. The fourth-order valence-corrected chi connectivity index (χ4v) is 2.08. The third-order valence-corrected chi connectivity index (χ3v) is 3.24. The molecule has 1 aliphatic rings. The van der Waals surface area contributed by atoms with Crippen LogP contribution in [0, 0.1) is 17.3 Å². The van der Waals surface area contributed by atoms with E-state index in [9.17, 15) is 4.79 Å². The van der Waals surface area contributed by atoms with Crippen molar-refractivity contribution in [2.24, 2.45) is 17.3 Å². The molecule has 0 aromatic heterocycles. The van der Waals surface area contributed by atoms with Crippen LogP contribution in [0.5, 0.6) is 0 Å². The first-order valence-electron chi connectivity index (χ1n) is 5.56. The van der Waals surface area contributed by atoms with E-state index in [1.165, 1.54) is 18.4 Å². The molecule has 0 aliphatic heterocycles. The topological polar surface area (TPSA) is 17.1 Å². The van der Waals surface area contributed by atoms with Crippen LogP contribution in [-0.2, 0) is 4.79 Å². The van der Waals surface area contributed by atoms with E-state index >= 15 is 0 Å².